The number of thiophene rings is 1. The highest BCUT2D eigenvalue weighted by molar-refractivity contribution is 7.12. The lowest BCUT2D eigenvalue weighted by atomic mass is 10.1. The smallest absolute Gasteiger partial charge is 0.265 e. The molecule has 31 heavy (non-hydrogen) atoms. The van der Waals surface area contributed by atoms with Gasteiger partial charge in [0.2, 0.25) is 0 Å². The van der Waals surface area contributed by atoms with Gasteiger partial charge in [0.1, 0.15) is 5.75 Å². The van der Waals surface area contributed by atoms with E-state index in [0.29, 0.717) is 10.6 Å². The number of hydrogen-bond acceptors (Lipinski definition) is 6. The van der Waals surface area contributed by atoms with Crippen LogP contribution in [0.15, 0.2) is 78.8 Å². The molecule has 1 amide bonds. The summed E-state index contributed by atoms with van der Waals surface area (Å²) < 4.78 is 6.89. The number of methoxy groups -OCH3 is 1. The topological polar surface area (TPSA) is 81.4 Å². The van der Waals surface area contributed by atoms with Crippen molar-refractivity contribution in [2.45, 2.75) is 0 Å². The summed E-state index contributed by atoms with van der Waals surface area (Å²) in [7, 11) is 1.61. The zero-order chi connectivity index (χ0) is 21.2. The van der Waals surface area contributed by atoms with E-state index in [4.69, 9.17) is 4.74 Å². The molecule has 0 aliphatic heterocycles. The highest BCUT2D eigenvalue weighted by Gasteiger charge is 2.15. The van der Waals surface area contributed by atoms with Crippen molar-refractivity contribution < 1.29 is 9.53 Å². The van der Waals surface area contributed by atoms with Crippen molar-refractivity contribution in [1.29, 1.82) is 0 Å². The molecule has 0 spiro atoms. The predicted molar refractivity (Wildman–Crippen MR) is 120 cm³/mol. The third-order valence-corrected chi connectivity index (χ3v) is 5.76. The normalized spacial score (nSPS) is 10.9. The molecule has 0 fully saturated rings. The number of benzene rings is 1. The summed E-state index contributed by atoms with van der Waals surface area (Å²) in [5.74, 6) is 0.577. The number of anilines is 1. The van der Waals surface area contributed by atoms with Crippen molar-refractivity contribution in [3.63, 3.8) is 0 Å². The molecule has 5 aromatic rings. The SMILES string of the molecule is COc1ccc(NC(=O)c2cc(-c3cnn4cc(-c5cccnc5)cnc34)cs2)cc1. The summed E-state index contributed by atoms with van der Waals surface area (Å²) in [5.41, 5.74) is 5.12. The van der Waals surface area contributed by atoms with Gasteiger partial charge in [0.05, 0.1) is 18.2 Å². The van der Waals surface area contributed by atoms with Crippen LogP contribution in [0.5, 0.6) is 5.75 Å². The number of pyridine rings is 1. The Balaban J connectivity index is 1.39. The third-order valence-electron chi connectivity index (χ3n) is 4.83. The summed E-state index contributed by atoms with van der Waals surface area (Å²) in [5, 5.41) is 9.29. The number of ether oxygens (including phenoxy) is 1. The van der Waals surface area contributed by atoms with E-state index in [-0.39, 0.29) is 5.91 Å². The van der Waals surface area contributed by atoms with Crippen LogP contribution in [-0.2, 0) is 0 Å². The summed E-state index contributed by atoms with van der Waals surface area (Å²) in [6.07, 6.45) is 9.02. The lowest BCUT2D eigenvalue weighted by Gasteiger charge is -2.04. The molecule has 8 heteroatoms. The number of nitrogens with one attached hydrogen (secondary N) is 1. The van der Waals surface area contributed by atoms with Gasteiger partial charge in [-0.3, -0.25) is 9.78 Å². The molecule has 0 unspecified atom stereocenters. The lowest BCUT2D eigenvalue weighted by molar-refractivity contribution is 0.103. The maximum absolute atomic E-state index is 12.6. The van der Waals surface area contributed by atoms with E-state index in [1.165, 1.54) is 11.3 Å². The first kappa shape index (κ1) is 19.0. The zero-order valence-electron chi connectivity index (χ0n) is 16.5. The average Bonchev–Trinajstić information content (AvgIpc) is 3.47. The highest BCUT2D eigenvalue weighted by atomic mass is 32.1. The summed E-state index contributed by atoms with van der Waals surface area (Å²) in [6, 6.07) is 12.9. The Morgan fingerprint density at radius 1 is 1.06 bits per heavy atom. The van der Waals surface area contributed by atoms with Gasteiger partial charge >= 0.3 is 0 Å². The molecule has 152 valence electrons. The van der Waals surface area contributed by atoms with E-state index in [1.54, 1.807) is 60.7 Å². The monoisotopic (exact) mass is 427 g/mol. The van der Waals surface area contributed by atoms with E-state index in [2.05, 4.69) is 20.4 Å². The lowest BCUT2D eigenvalue weighted by Crippen LogP contribution is -2.09. The molecule has 1 N–H and O–H groups in total. The minimum Gasteiger partial charge on any atom is -0.497 e. The molecule has 0 radical (unpaired) electrons. The van der Waals surface area contributed by atoms with Crippen molar-refractivity contribution in [2.75, 3.05) is 12.4 Å². The largest absolute Gasteiger partial charge is 0.497 e. The first-order valence-corrected chi connectivity index (χ1v) is 10.4. The van der Waals surface area contributed by atoms with Crippen LogP contribution in [-0.4, -0.2) is 32.6 Å². The molecule has 4 heterocycles. The molecule has 0 bridgehead atoms. The minimum atomic E-state index is -0.162. The van der Waals surface area contributed by atoms with Gasteiger partial charge in [-0.05, 0) is 47.3 Å². The zero-order valence-corrected chi connectivity index (χ0v) is 17.3. The molecule has 5 rings (SSSR count). The summed E-state index contributed by atoms with van der Waals surface area (Å²) in [4.78, 5) is 22.0. The molecule has 0 atom stereocenters. The van der Waals surface area contributed by atoms with Crippen LogP contribution in [0.1, 0.15) is 9.67 Å². The summed E-state index contributed by atoms with van der Waals surface area (Å²) in [6.45, 7) is 0. The van der Waals surface area contributed by atoms with Crippen LogP contribution in [0.2, 0.25) is 0 Å². The number of carbonyl (C=O) groups excluding carboxylic acids is 1. The van der Waals surface area contributed by atoms with E-state index < -0.39 is 0 Å². The Bertz CT molecular complexity index is 1360. The number of rotatable bonds is 5. The Labute approximate surface area is 182 Å². The van der Waals surface area contributed by atoms with Crippen LogP contribution < -0.4 is 10.1 Å². The number of amides is 1. The van der Waals surface area contributed by atoms with Crippen molar-refractivity contribution in [1.82, 2.24) is 19.6 Å². The average molecular weight is 427 g/mol. The quantitative estimate of drug-likeness (QED) is 0.437. The van der Waals surface area contributed by atoms with Crippen LogP contribution in [0.3, 0.4) is 0 Å². The Kier molecular flexibility index (Phi) is 4.89. The Morgan fingerprint density at radius 3 is 2.71 bits per heavy atom. The van der Waals surface area contributed by atoms with Crippen LogP contribution in [0.25, 0.3) is 27.9 Å². The molecule has 1 aromatic carbocycles. The third kappa shape index (κ3) is 3.76. The molecule has 0 saturated heterocycles. The van der Waals surface area contributed by atoms with Gasteiger partial charge in [0, 0.05) is 47.2 Å². The van der Waals surface area contributed by atoms with Gasteiger partial charge in [0.25, 0.3) is 5.91 Å². The van der Waals surface area contributed by atoms with Crippen LogP contribution in [0.4, 0.5) is 5.69 Å². The number of nitrogens with zero attached hydrogens (tertiary/aromatic N) is 4. The molecule has 0 aliphatic carbocycles. The fourth-order valence-electron chi connectivity index (χ4n) is 3.22. The Morgan fingerprint density at radius 2 is 1.94 bits per heavy atom. The Hall–Kier alpha value is -4.04. The van der Waals surface area contributed by atoms with Crippen LogP contribution >= 0.6 is 11.3 Å². The predicted octanol–water partition coefficient (Wildman–Crippen LogP) is 4.78. The number of hydrogen-bond donors (Lipinski definition) is 1. The molecule has 0 aliphatic rings. The number of carbonyl (C=O) groups is 1. The van der Waals surface area contributed by atoms with Gasteiger partial charge < -0.3 is 10.1 Å². The second-order valence-corrected chi connectivity index (χ2v) is 7.70. The second kappa shape index (κ2) is 8.00. The molecule has 7 nitrogen and oxygen atoms in total. The molecular weight excluding hydrogens is 410 g/mol. The van der Waals surface area contributed by atoms with Crippen molar-refractivity contribution in [3.8, 4) is 28.0 Å². The second-order valence-electron chi connectivity index (χ2n) is 6.79. The van der Waals surface area contributed by atoms with E-state index in [0.717, 1.165) is 33.7 Å². The molecular formula is C23H17N5O2S. The van der Waals surface area contributed by atoms with Gasteiger partial charge in [-0.2, -0.15) is 5.10 Å². The van der Waals surface area contributed by atoms with Crippen molar-refractivity contribution in [2.24, 2.45) is 0 Å². The van der Waals surface area contributed by atoms with E-state index >= 15 is 0 Å². The first-order valence-electron chi connectivity index (χ1n) is 9.49. The van der Waals surface area contributed by atoms with Gasteiger partial charge in [-0.15, -0.1) is 11.3 Å². The van der Waals surface area contributed by atoms with Gasteiger partial charge in [0.15, 0.2) is 5.65 Å². The molecule has 0 saturated carbocycles. The van der Waals surface area contributed by atoms with Crippen LogP contribution in [0, 0.1) is 0 Å². The number of aromatic nitrogens is 4. The maximum Gasteiger partial charge on any atom is 0.265 e. The van der Waals surface area contributed by atoms with Crippen molar-refractivity contribution in [3.05, 3.63) is 83.7 Å². The van der Waals surface area contributed by atoms with E-state index in [1.807, 2.05) is 29.8 Å². The summed E-state index contributed by atoms with van der Waals surface area (Å²) >= 11 is 1.38. The fraction of sp³-hybridized carbons (Fsp3) is 0.0435. The highest BCUT2D eigenvalue weighted by Crippen LogP contribution is 2.30. The number of fused-ring (bicyclic) bond motifs is 1. The van der Waals surface area contributed by atoms with Gasteiger partial charge in [-0.25, -0.2) is 9.50 Å². The first-order chi connectivity index (χ1) is 15.2. The molecule has 4 aromatic heterocycles. The van der Waals surface area contributed by atoms with E-state index in [9.17, 15) is 4.79 Å². The minimum absolute atomic E-state index is 0.162. The van der Waals surface area contributed by atoms with Crippen molar-refractivity contribution >= 4 is 28.6 Å². The maximum atomic E-state index is 12.6. The fourth-order valence-corrected chi connectivity index (χ4v) is 4.03. The van der Waals surface area contributed by atoms with Gasteiger partial charge in [-0.1, -0.05) is 6.07 Å². The standard InChI is InChI=1S/C23H17N5O2S/c1-30-19-6-4-18(5-7-19)27-23(29)21-9-16(14-31-21)20-12-26-28-13-17(11-25-22(20)28)15-3-2-8-24-10-15/h2-14H,1H3,(H,27,29).